The number of nitrogens with two attached hydrogens (primary N) is 1. The van der Waals surface area contributed by atoms with Gasteiger partial charge in [-0.05, 0) is 18.9 Å². The first-order valence-corrected chi connectivity index (χ1v) is 9.42. The number of benzene rings is 1. The summed E-state index contributed by atoms with van der Waals surface area (Å²) in [6.07, 6.45) is -0.510. The summed E-state index contributed by atoms with van der Waals surface area (Å²) in [5.41, 5.74) is 6.54. The zero-order valence-electron chi connectivity index (χ0n) is 14.2. The maximum atomic E-state index is 12.7. The molecule has 25 heavy (non-hydrogen) atoms. The van der Waals surface area contributed by atoms with Crippen molar-refractivity contribution in [1.29, 1.82) is 0 Å². The lowest BCUT2D eigenvalue weighted by Gasteiger charge is -2.16. The van der Waals surface area contributed by atoms with E-state index >= 15 is 0 Å². The van der Waals surface area contributed by atoms with Gasteiger partial charge in [-0.3, -0.25) is 9.52 Å². The highest BCUT2D eigenvalue weighted by Crippen LogP contribution is 2.17. The van der Waals surface area contributed by atoms with Gasteiger partial charge in [0.1, 0.15) is 22.3 Å². The van der Waals surface area contributed by atoms with Crippen molar-refractivity contribution in [1.82, 2.24) is 4.72 Å². The van der Waals surface area contributed by atoms with Crippen LogP contribution in [0.5, 0.6) is 0 Å². The number of rotatable bonds is 8. The molecule has 8 nitrogen and oxygen atoms in total. The second-order valence-electron chi connectivity index (χ2n) is 5.50. The van der Waals surface area contributed by atoms with E-state index in [-0.39, 0.29) is 18.6 Å². The van der Waals surface area contributed by atoms with Gasteiger partial charge in [-0.15, -0.1) is 4.36 Å². The molecule has 0 aliphatic heterocycles. The summed E-state index contributed by atoms with van der Waals surface area (Å²) >= 11 is 0. The third kappa shape index (κ3) is 7.90. The number of carbonyl (C=O) groups excluding carboxylic acids is 3. The van der Waals surface area contributed by atoms with Crippen LogP contribution >= 0.6 is 0 Å². The van der Waals surface area contributed by atoms with E-state index in [1.807, 2.05) is 6.07 Å². The molecule has 3 N–H and O–H groups in total. The van der Waals surface area contributed by atoms with Gasteiger partial charge in [0, 0.05) is 19.4 Å². The van der Waals surface area contributed by atoms with Gasteiger partial charge in [-0.1, -0.05) is 30.3 Å². The van der Waals surface area contributed by atoms with Crippen LogP contribution in [0.2, 0.25) is 0 Å². The number of aldehydes is 1. The number of amides is 2. The van der Waals surface area contributed by atoms with Crippen molar-refractivity contribution in [3.05, 3.63) is 35.9 Å². The van der Waals surface area contributed by atoms with Crippen LogP contribution in [0, 0.1) is 0 Å². The van der Waals surface area contributed by atoms with E-state index in [0.717, 1.165) is 12.5 Å². The largest absolute Gasteiger partial charge is 0.443 e. The zero-order chi connectivity index (χ0) is 18.9. The molecule has 0 aliphatic rings. The van der Waals surface area contributed by atoms with Gasteiger partial charge in [-0.25, -0.2) is 9.00 Å². The molecule has 0 saturated carbocycles. The summed E-state index contributed by atoms with van der Waals surface area (Å²) in [4.78, 5) is 33.7. The molecule has 0 fully saturated rings. The fourth-order valence-corrected chi connectivity index (χ4v) is 3.75. The number of hydrogen-bond donors (Lipinski definition) is 2. The minimum absolute atomic E-state index is 0.187. The number of hydrogen-bond acceptors (Lipinski definition) is 6. The molecule has 0 bridgehead atoms. The topological polar surface area (TPSA) is 128 Å². The fraction of sp³-hybridized carbons (Fsp3) is 0.438. The summed E-state index contributed by atoms with van der Waals surface area (Å²) in [6.45, 7) is 2.81. The molecule has 9 heteroatoms. The molecule has 2 amide bonds. The van der Waals surface area contributed by atoms with Crippen molar-refractivity contribution < 1.29 is 23.3 Å². The average molecular weight is 369 g/mol. The number of nitrogens with one attached hydrogen (secondary N) is 1. The number of ether oxygens (including phenoxy) is 1. The smallest absolute Gasteiger partial charge is 0.440 e. The first kappa shape index (κ1) is 20.8. The van der Waals surface area contributed by atoms with Crippen molar-refractivity contribution in [2.24, 2.45) is 10.1 Å². The molecule has 0 radical (unpaired) electrons. The Morgan fingerprint density at radius 1 is 1.36 bits per heavy atom. The molecule has 1 aromatic carbocycles. The van der Waals surface area contributed by atoms with Gasteiger partial charge in [0.05, 0.1) is 5.75 Å². The number of carbonyl (C=O) groups is 3. The molecular weight excluding hydrogens is 346 g/mol. The fourth-order valence-electron chi connectivity index (χ4n) is 2.07. The van der Waals surface area contributed by atoms with E-state index in [1.54, 1.807) is 31.2 Å². The van der Waals surface area contributed by atoms with Crippen LogP contribution in [0.3, 0.4) is 0 Å². The molecule has 138 valence electrons. The monoisotopic (exact) mass is 369 g/mol. The third-order valence-corrected chi connectivity index (χ3v) is 5.10. The molecule has 1 rings (SSSR count). The van der Waals surface area contributed by atoms with E-state index in [1.165, 1.54) is 0 Å². The lowest BCUT2D eigenvalue weighted by atomic mass is 10.1. The highest BCUT2D eigenvalue weighted by atomic mass is 32.2. The van der Waals surface area contributed by atoms with Crippen LogP contribution < -0.4 is 10.5 Å². The van der Waals surface area contributed by atoms with E-state index in [9.17, 15) is 18.6 Å². The summed E-state index contributed by atoms with van der Waals surface area (Å²) < 4.78 is 23.6. The molecule has 0 aromatic heterocycles. The van der Waals surface area contributed by atoms with Crippen LogP contribution in [0.1, 0.15) is 38.4 Å². The van der Waals surface area contributed by atoms with Crippen LogP contribution in [-0.4, -0.2) is 34.3 Å². The Kier molecular flexibility index (Phi) is 8.23. The maximum Gasteiger partial charge on any atom is 0.443 e. The Labute approximate surface area is 147 Å². The van der Waals surface area contributed by atoms with Crippen molar-refractivity contribution in [2.45, 2.75) is 38.8 Å². The standard InChI is InChI=1S/C16H23N3O5S/c1-12(14-7-4-3-5-8-14)24-16(22)19-25(23,18-13(2)21)11-15(17)9-6-10-20/h3-5,7-8,10,12,15H,6,9,11,17H2,1-2H3,(H,18,19,21,22,23)/t12-,15-,25-/m0/s1. The van der Waals surface area contributed by atoms with Gasteiger partial charge in [0.15, 0.2) is 0 Å². The van der Waals surface area contributed by atoms with Crippen molar-refractivity contribution in [3.8, 4) is 0 Å². The molecule has 1 aromatic rings. The van der Waals surface area contributed by atoms with E-state index in [4.69, 9.17) is 10.5 Å². The SMILES string of the molecule is CC(=O)N[S@@](=O)(C[C@@H](N)CCC=O)=NC(=O)O[C@@H](C)c1ccccc1. The van der Waals surface area contributed by atoms with E-state index in [2.05, 4.69) is 9.08 Å². The summed E-state index contributed by atoms with van der Waals surface area (Å²) in [6, 6.07) is 8.31. The Balaban J connectivity index is 2.89. The highest BCUT2D eigenvalue weighted by Gasteiger charge is 2.20. The van der Waals surface area contributed by atoms with Crippen LogP contribution in [-0.2, 0) is 24.2 Å². The lowest BCUT2D eigenvalue weighted by Crippen LogP contribution is -2.39. The van der Waals surface area contributed by atoms with Crippen molar-refractivity contribution >= 4 is 28.2 Å². The molecule has 0 spiro atoms. The van der Waals surface area contributed by atoms with Crippen molar-refractivity contribution in [3.63, 3.8) is 0 Å². The lowest BCUT2D eigenvalue weighted by molar-refractivity contribution is -0.117. The Morgan fingerprint density at radius 2 is 2.00 bits per heavy atom. The molecule has 0 aliphatic carbocycles. The third-order valence-electron chi connectivity index (χ3n) is 3.17. The highest BCUT2D eigenvalue weighted by molar-refractivity contribution is 7.92. The van der Waals surface area contributed by atoms with Gasteiger partial charge in [0.2, 0.25) is 5.91 Å². The van der Waals surface area contributed by atoms with Crippen LogP contribution in [0.15, 0.2) is 34.7 Å². The second kappa shape index (κ2) is 9.90. The Hall–Kier alpha value is -2.26. The number of nitrogens with zero attached hydrogens (tertiary/aromatic N) is 1. The van der Waals surface area contributed by atoms with Gasteiger partial charge < -0.3 is 15.3 Å². The normalized spacial score (nSPS) is 15.3. The van der Waals surface area contributed by atoms with Gasteiger partial charge in [-0.2, -0.15) is 0 Å². The van der Waals surface area contributed by atoms with Gasteiger partial charge in [0.25, 0.3) is 0 Å². The molecule has 0 saturated heterocycles. The Morgan fingerprint density at radius 3 is 2.56 bits per heavy atom. The summed E-state index contributed by atoms with van der Waals surface area (Å²) in [5.74, 6) is -0.866. The minimum Gasteiger partial charge on any atom is -0.440 e. The quantitative estimate of drug-likeness (QED) is 0.671. The summed E-state index contributed by atoms with van der Waals surface area (Å²) in [5, 5.41) is 0. The summed E-state index contributed by atoms with van der Waals surface area (Å²) in [7, 11) is -3.43. The molecule has 3 atom stereocenters. The first-order valence-electron chi connectivity index (χ1n) is 7.73. The van der Waals surface area contributed by atoms with Crippen LogP contribution in [0.25, 0.3) is 0 Å². The minimum atomic E-state index is -3.43. The molecular formula is C16H23N3O5S. The zero-order valence-corrected chi connectivity index (χ0v) is 15.0. The van der Waals surface area contributed by atoms with Crippen molar-refractivity contribution in [2.75, 3.05) is 5.75 Å². The predicted molar refractivity (Wildman–Crippen MR) is 93.9 cm³/mol. The van der Waals surface area contributed by atoms with Crippen LogP contribution in [0.4, 0.5) is 4.79 Å². The second-order valence-corrected chi connectivity index (χ2v) is 7.50. The molecule has 0 heterocycles. The molecule has 0 unspecified atom stereocenters. The van der Waals surface area contributed by atoms with E-state index < -0.39 is 34.1 Å². The first-order chi connectivity index (χ1) is 11.8. The predicted octanol–water partition coefficient (Wildman–Crippen LogP) is 1.71. The van der Waals surface area contributed by atoms with E-state index in [0.29, 0.717) is 6.29 Å². The maximum absolute atomic E-state index is 12.7. The van der Waals surface area contributed by atoms with Gasteiger partial charge >= 0.3 is 6.09 Å². The Bertz CT molecular complexity index is 714. The average Bonchev–Trinajstić information content (AvgIpc) is 2.52.